The number of hydrogen-bond donors (Lipinski definition) is 1. The van der Waals surface area contributed by atoms with Crippen LogP contribution in [0.25, 0.3) is 0 Å². The highest BCUT2D eigenvalue weighted by atomic mass is 16.5. The largest absolute Gasteiger partial charge is 0.468 e. The van der Waals surface area contributed by atoms with Crippen LogP contribution in [0.1, 0.15) is 43.2 Å². The van der Waals surface area contributed by atoms with Gasteiger partial charge >= 0.3 is 5.97 Å². The average molecular weight is 275 g/mol. The molecule has 0 bridgehead atoms. The predicted octanol–water partition coefficient (Wildman–Crippen LogP) is 2.94. The number of carbonyl (C=O) groups is 1. The summed E-state index contributed by atoms with van der Waals surface area (Å²) in [5.74, 6) is 0.385. The van der Waals surface area contributed by atoms with Crippen LogP contribution < -0.4 is 5.73 Å². The summed E-state index contributed by atoms with van der Waals surface area (Å²) in [5, 5.41) is 0. The lowest BCUT2D eigenvalue weighted by Gasteiger charge is -2.33. The van der Waals surface area contributed by atoms with Gasteiger partial charge in [0.1, 0.15) is 5.41 Å². The topological polar surface area (TPSA) is 52.3 Å². The van der Waals surface area contributed by atoms with Gasteiger partial charge in [0.2, 0.25) is 0 Å². The van der Waals surface area contributed by atoms with E-state index in [0.717, 1.165) is 17.5 Å². The Morgan fingerprint density at radius 1 is 1.40 bits per heavy atom. The number of nitrogens with two attached hydrogens (primary N) is 1. The van der Waals surface area contributed by atoms with Crippen molar-refractivity contribution in [1.82, 2.24) is 0 Å². The second kappa shape index (κ2) is 6.40. The smallest absolute Gasteiger partial charge is 0.317 e. The Balaban J connectivity index is 2.38. The lowest BCUT2D eigenvalue weighted by molar-refractivity contribution is -0.148. The molecule has 1 aliphatic carbocycles. The molecule has 0 radical (unpaired) electrons. The number of carbonyl (C=O) groups excluding carboxylic acids is 1. The second-order valence-corrected chi connectivity index (χ2v) is 6.00. The van der Waals surface area contributed by atoms with E-state index in [1.54, 1.807) is 0 Å². The minimum absolute atomic E-state index is 0.197. The van der Waals surface area contributed by atoms with Gasteiger partial charge in [-0.3, -0.25) is 4.79 Å². The molecule has 0 aliphatic heterocycles. The van der Waals surface area contributed by atoms with E-state index in [9.17, 15) is 4.79 Å². The molecule has 1 aliphatic rings. The SMILES string of the molecule is COC(=O)C(CN)(CC1CCCC1)c1cccc(C)c1. The Morgan fingerprint density at radius 2 is 2.10 bits per heavy atom. The first kappa shape index (κ1) is 15.0. The average Bonchev–Trinajstić information content (AvgIpc) is 2.96. The summed E-state index contributed by atoms with van der Waals surface area (Å²) >= 11 is 0. The van der Waals surface area contributed by atoms with Crippen LogP contribution in [0.3, 0.4) is 0 Å². The van der Waals surface area contributed by atoms with Gasteiger partial charge in [-0.05, 0) is 24.8 Å². The van der Waals surface area contributed by atoms with Crippen LogP contribution in [-0.4, -0.2) is 19.6 Å². The zero-order valence-electron chi connectivity index (χ0n) is 12.5. The third-order valence-electron chi connectivity index (χ3n) is 4.61. The van der Waals surface area contributed by atoms with Crippen molar-refractivity contribution in [3.05, 3.63) is 35.4 Å². The molecule has 110 valence electrons. The standard InChI is InChI=1S/C17H25NO2/c1-13-6-5-9-15(10-13)17(12-18,16(19)20-2)11-14-7-3-4-8-14/h5-6,9-10,14H,3-4,7-8,11-12,18H2,1-2H3. The molecule has 1 atom stereocenters. The summed E-state index contributed by atoms with van der Waals surface area (Å²) in [5.41, 5.74) is 7.51. The highest BCUT2D eigenvalue weighted by molar-refractivity contribution is 5.83. The van der Waals surface area contributed by atoms with Crippen molar-refractivity contribution in [2.75, 3.05) is 13.7 Å². The van der Waals surface area contributed by atoms with Crippen LogP contribution in [0, 0.1) is 12.8 Å². The molecule has 1 aromatic carbocycles. The summed E-state index contributed by atoms with van der Waals surface area (Å²) in [6, 6.07) is 8.11. The maximum absolute atomic E-state index is 12.5. The van der Waals surface area contributed by atoms with Crippen LogP contribution in [0.5, 0.6) is 0 Å². The van der Waals surface area contributed by atoms with Gasteiger partial charge in [0.05, 0.1) is 7.11 Å². The quantitative estimate of drug-likeness (QED) is 0.841. The molecule has 20 heavy (non-hydrogen) atoms. The first-order valence-corrected chi connectivity index (χ1v) is 7.48. The number of aryl methyl sites for hydroxylation is 1. The third-order valence-corrected chi connectivity index (χ3v) is 4.61. The van der Waals surface area contributed by atoms with Crippen LogP contribution in [0.2, 0.25) is 0 Å². The van der Waals surface area contributed by atoms with Crippen molar-refractivity contribution in [2.45, 2.75) is 44.4 Å². The fraction of sp³-hybridized carbons (Fsp3) is 0.588. The van der Waals surface area contributed by atoms with Gasteiger partial charge in [0.25, 0.3) is 0 Å². The van der Waals surface area contributed by atoms with Crippen molar-refractivity contribution >= 4 is 5.97 Å². The molecular formula is C17H25NO2. The molecule has 0 aromatic heterocycles. The molecule has 1 aromatic rings. The normalized spacial score (nSPS) is 18.8. The molecule has 0 spiro atoms. The zero-order chi connectivity index (χ0) is 14.6. The summed E-state index contributed by atoms with van der Waals surface area (Å²) in [6.45, 7) is 2.34. The maximum Gasteiger partial charge on any atom is 0.317 e. The van der Waals surface area contributed by atoms with Gasteiger partial charge in [-0.25, -0.2) is 0 Å². The monoisotopic (exact) mass is 275 g/mol. The summed E-state index contributed by atoms with van der Waals surface area (Å²) in [7, 11) is 1.46. The zero-order valence-corrected chi connectivity index (χ0v) is 12.5. The molecule has 1 fully saturated rings. The highest BCUT2D eigenvalue weighted by Gasteiger charge is 2.42. The number of rotatable bonds is 5. The Kier molecular flexibility index (Phi) is 4.81. The van der Waals surface area contributed by atoms with Crippen LogP contribution in [0.15, 0.2) is 24.3 Å². The fourth-order valence-corrected chi connectivity index (χ4v) is 3.45. The number of benzene rings is 1. The molecule has 0 amide bonds. The first-order valence-electron chi connectivity index (χ1n) is 7.48. The Morgan fingerprint density at radius 3 is 2.65 bits per heavy atom. The van der Waals surface area contributed by atoms with E-state index in [1.165, 1.54) is 32.8 Å². The maximum atomic E-state index is 12.5. The third kappa shape index (κ3) is 2.88. The minimum Gasteiger partial charge on any atom is -0.468 e. The Bertz CT molecular complexity index is 466. The minimum atomic E-state index is -0.685. The van der Waals surface area contributed by atoms with Gasteiger partial charge in [0, 0.05) is 6.54 Å². The first-order chi connectivity index (χ1) is 9.62. The number of ether oxygens (including phenoxy) is 1. The number of esters is 1. The van der Waals surface area contributed by atoms with Gasteiger partial charge in [0.15, 0.2) is 0 Å². The highest BCUT2D eigenvalue weighted by Crippen LogP contribution is 2.38. The van der Waals surface area contributed by atoms with E-state index < -0.39 is 5.41 Å². The predicted molar refractivity (Wildman–Crippen MR) is 80.5 cm³/mol. The van der Waals surface area contributed by atoms with Gasteiger partial charge < -0.3 is 10.5 Å². The lowest BCUT2D eigenvalue weighted by Crippen LogP contribution is -2.45. The summed E-state index contributed by atoms with van der Waals surface area (Å²) in [4.78, 5) is 12.5. The second-order valence-electron chi connectivity index (χ2n) is 6.00. The van der Waals surface area contributed by atoms with E-state index in [1.807, 2.05) is 25.1 Å². The van der Waals surface area contributed by atoms with E-state index >= 15 is 0 Å². The summed E-state index contributed by atoms with van der Waals surface area (Å²) in [6.07, 6.45) is 5.73. The van der Waals surface area contributed by atoms with Crippen molar-refractivity contribution in [3.8, 4) is 0 Å². The van der Waals surface area contributed by atoms with E-state index in [2.05, 4.69) is 6.07 Å². The van der Waals surface area contributed by atoms with Crippen LogP contribution >= 0.6 is 0 Å². The van der Waals surface area contributed by atoms with E-state index in [-0.39, 0.29) is 5.97 Å². The molecule has 3 nitrogen and oxygen atoms in total. The van der Waals surface area contributed by atoms with Crippen molar-refractivity contribution < 1.29 is 9.53 Å². The molecule has 1 unspecified atom stereocenters. The van der Waals surface area contributed by atoms with Crippen LogP contribution in [0.4, 0.5) is 0 Å². The van der Waals surface area contributed by atoms with Crippen molar-refractivity contribution in [1.29, 1.82) is 0 Å². The molecule has 0 saturated heterocycles. The van der Waals surface area contributed by atoms with Crippen molar-refractivity contribution in [2.24, 2.45) is 11.7 Å². The van der Waals surface area contributed by atoms with Crippen LogP contribution in [-0.2, 0) is 14.9 Å². The molecule has 2 N–H and O–H groups in total. The fourth-order valence-electron chi connectivity index (χ4n) is 3.45. The lowest BCUT2D eigenvalue weighted by atomic mass is 9.73. The van der Waals surface area contributed by atoms with Crippen molar-refractivity contribution in [3.63, 3.8) is 0 Å². The van der Waals surface area contributed by atoms with E-state index in [4.69, 9.17) is 10.5 Å². The Labute approximate surface area is 121 Å². The molecular weight excluding hydrogens is 250 g/mol. The molecule has 0 heterocycles. The molecule has 2 rings (SSSR count). The van der Waals surface area contributed by atoms with Gasteiger partial charge in [-0.15, -0.1) is 0 Å². The number of methoxy groups -OCH3 is 1. The summed E-state index contributed by atoms with van der Waals surface area (Å²) < 4.78 is 5.09. The van der Waals surface area contributed by atoms with E-state index in [0.29, 0.717) is 12.5 Å². The number of hydrogen-bond acceptors (Lipinski definition) is 3. The molecule has 3 heteroatoms. The Hall–Kier alpha value is -1.35. The molecule has 1 saturated carbocycles. The van der Waals surface area contributed by atoms with Gasteiger partial charge in [-0.2, -0.15) is 0 Å². The van der Waals surface area contributed by atoms with Gasteiger partial charge in [-0.1, -0.05) is 55.5 Å².